The third-order valence-corrected chi connectivity index (χ3v) is 8.07. The predicted molar refractivity (Wildman–Crippen MR) is 168 cm³/mol. The highest BCUT2D eigenvalue weighted by atomic mass is 16.5. The van der Waals surface area contributed by atoms with E-state index in [0.717, 1.165) is 33.7 Å². The molecule has 2 heterocycles. The molecule has 0 N–H and O–H groups in total. The summed E-state index contributed by atoms with van der Waals surface area (Å²) >= 11 is 0. The highest BCUT2D eigenvalue weighted by molar-refractivity contribution is 6.06. The average molecular weight is 599 g/mol. The van der Waals surface area contributed by atoms with Crippen LogP contribution in [-0.4, -0.2) is 61.7 Å². The summed E-state index contributed by atoms with van der Waals surface area (Å²) in [4.78, 5) is 26.0. The fraction of sp³-hybridized carbons (Fsp3) is 0.353. The van der Waals surface area contributed by atoms with Crippen LogP contribution in [0.4, 0.5) is 0 Å². The van der Waals surface area contributed by atoms with Crippen LogP contribution < -0.4 is 18.9 Å². The molecule has 44 heavy (non-hydrogen) atoms. The third kappa shape index (κ3) is 5.59. The van der Waals surface area contributed by atoms with Gasteiger partial charge in [0.05, 0.1) is 51.9 Å². The number of ether oxygens (including phenoxy) is 4. The Balaban J connectivity index is 1.43. The number of nitrogens with zero attached hydrogens (tertiary/aromatic N) is 4. The van der Waals surface area contributed by atoms with Gasteiger partial charge >= 0.3 is 0 Å². The molecule has 0 fully saturated rings. The molecule has 2 atom stereocenters. The van der Waals surface area contributed by atoms with E-state index in [4.69, 9.17) is 29.2 Å². The number of methoxy groups -OCH3 is 4. The van der Waals surface area contributed by atoms with Crippen molar-refractivity contribution in [1.82, 2.24) is 10.0 Å². The monoisotopic (exact) mass is 598 g/mol. The minimum atomic E-state index is -0.325. The number of hydrogen-bond donors (Lipinski definition) is 0. The number of carbonyl (C=O) groups is 2. The number of carbonyl (C=O) groups excluding carboxylic acids is 2. The van der Waals surface area contributed by atoms with Gasteiger partial charge in [-0.25, -0.2) is 10.0 Å². The minimum absolute atomic E-state index is 0.0773. The van der Waals surface area contributed by atoms with Crippen molar-refractivity contribution in [1.29, 1.82) is 0 Å². The quantitative estimate of drug-likeness (QED) is 0.288. The maximum absolute atomic E-state index is 13.0. The Morgan fingerprint density at radius 2 is 1.02 bits per heavy atom. The molecule has 3 aromatic carbocycles. The van der Waals surface area contributed by atoms with E-state index in [2.05, 4.69) is 0 Å². The van der Waals surface area contributed by atoms with Gasteiger partial charge in [0, 0.05) is 36.8 Å². The molecule has 0 spiro atoms. The fourth-order valence-electron chi connectivity index (χ4n) is 5.84. The largest absolute Gasteiger partial charge is 0.493 e. The van der Waals surface area contributed by atoms with E-state index in [9.17, 15) is 9.59 Å². The Morgan fingerprint density at radius 1 is 0.636 bits per heavy atom. The molecule has 3 aromatic rings. The lowest BCUT2D eigenvalue weighted by Crippen LogP contribution is -2.26. The topological polar surface area (TPSA) is 102 Å². The summed E-state index contributed by atoms with van der Waals surface area (Å²) in [5.41, 5.74) is 5.07. The van der Waals surface area contributed by atoms with Crippen molar-refractivity contribution in [2.75, 3.05) is 28.4 Å². The Hall–Kier alpha value is -4.86. The Bertz CT molecular complexity index is 1480. The summed E-state index contributed by atoms with van der Waals surface area (Å²) in [5.74, 6) is 2.23. The lowest BCUT2D eigenvalue weighted by atomic mass is 9.94. The van der Waals surface area contributed by atoms with Gasteiger partial charge in [-0.1, -0.05) is 62.4 Å². The minimum Gasteiger partial charge on any atom is -0.493 e. The summed E-state index contributed by atoms with van der Waals surface area (Å²) in [6, 6.07) is 18.6. The van der Waals surface area contributed by atoms with Gasteiger partial charge in [-0.05, 0) is 23.3 Å². The molecule has 0 aromatic heterocycles. The van der Waals surface area contributed by atoms with Crippen LogP contribution in [0.5, 0.6) is 23.0 Å². The van der Waals surface area contributed by atoms with Crippen LogP contribution in [-0.2, 0) is 9.59 Å². The van der Waals surface area contributed by atoms with E-state index in [-0.39, 0.29) is 23.9 Å². The molecular weight excluding hydrogens is 560 g/mol. The molecule has 230 valence electrons. The number of hydrazone groups is 2. The van der Waals surface area contributed by atoms with E-state index in [1.165, 1.54) is 0 Å². The highest BCUT2D eigenvalue weighted by Crippen LogP contribution is 2.43. The van der Waals surface area contributed by atoms with Crippen LogP contribution in [0.1, 0.15) is 73.9 Å². The van der Waals surface area contributed by atoms with Crippen molar-refractivity contribution < 1.29 is 28.5 Å². The maximum Gasteiger partial charge on any atom is 0.242 e. The molecule has 2 amide bonds. The zero-order chi connectivity index (χ0) is 31.4. The molecule has 0 unspecified atom stereocenters. The molecule has 2 aliphatic rings. The molecule has 0 bridgehead atoms. The first-order chi connectivity index (χ1) is 21.4. The molecule has 0 aliphatic carbocycles. The molecule has 10 nitrogen and oxygen atoms in total. The van der Waals surface area contributed by atoms with Gasteiger partial charge in [0.25, 0.3) is 0 Å². The lowest BCUT2D eigenvalue weighted by molar-refractivity contribution is -0.133. The number of amides is 2. The molecule has 5 rings (SSSR count). The van der Waals surface area contributed by atoms with Gasteiger partial charge < -0.3 is 18.9 Å². The van der Waals surface area contributed by atoms with E-state index in [0.29, 0.717) is 48.7 Å². The molecule has 10 heteroatoms. The standard InChI is InChI=1S/C34H38N4O6/c1-7-31(39)37-27(23-11-9-13-29(41-3)33(23)43-5)19-25(35-37)21-15-17-22(18-16-21)26-20-28(38(36-26)32(40)8-2)24-12-10-14-30(42-4)34(24)44-6/h9-18,27-28H,7-8,19-20H2,1-6H3/t27-,28+. The van der Waals surface area contributed by atoms with Crippen LogP contribution in [0.2, 0.25) is 0 Å². The van der Waals surface area contributed by atoms with Crippen LogP contribution in [0.3, 0.4) is 0 Å². The van der Waals surface area contributed by atoms with Crippen molar-refractivity contribution in [3.63, 3.8) is 0 Å². The third-order valence-electron chi connectivity index (χ3n) is 8.07. The molecule has 0 saturated heterocycles. The van der Waals surface area contributed by atoms with Crippen LogP contribution in [0.25, 0.3) is 0 Å². The number of benzene rings is 3. The van der Waals surface area contributed by atoms with Gasteiger partial charge in [0.15, 0.2) is 23.0 Å². The van der Waals surface area contributed by atoms with Gasteiger partial charge in [-0.3, -0.25) is 9.59 Å². The second-order valence-corrected chi connectivity index (χ2v) is 10.5. The molecule has 0 saturated carbocycles. The molecule has 2 aliphatic heterocycles. The van der Waals surface area contributed by atoms with Crippen LogP contribution in [0, 0.1) is 0 Å². The number of hydrogen-bond acceptors (Lipinski definition) is 8. The summed E-state index contributed by atoms with van der Waals surface area (Å²) in [6.07, 6.45) is 1.69. The average Bonchev–Trinajstić information content (AvgIpc) is 3.72. The van der Waals surface area contributed by atoms with Crippen molar-refractivity contribution >= 4 is 23.2 Å². The zero-order valence-corrected chi connectivity index (χ0v) is 26.0. The van der Waals surface area contributed by atoms with Gasteiger partial charge in [0.1, 0.15) is 0 Å². The van der Waals surface area contributed by atoms with Gasteiger partial charge in [-0.15, -0.1) is 0 Å². The van der Waals surface area contributed by atoms with Crippen LogP contribution in [0.15, 0.2) is 70.9 Å². The predicted octanol–water partition coefficient (Wildman–Crippen LogP) is 5.90. The SMILES string of the molecule is CCC(=O)N1N=C(c2ccc(C3=NN(C(=O)CC)[C@H](c4cccc(OC)c4OC)C3)cc2)C[C@@H]1c1cccc(OC)c1OC. The second-order valence-electron chi connectivity index (χ2n) is 10.5. The smallest absolute Gasteiger partial charge is 0.242 e. The first kappa shape index (κ1) is 30.6. The second kappa shape index (κ2) is 13.2. The fourth-order valence-corrected chi connectivity index (χ4v) is 5.84. The van der Waals surface area contributed by atoms with Gasteiger partial charge in [0.2, 0.25) is 11.8 Å². The zero-order valence-electron chi connectivity index (χ0n) is 26.0. The normalized spacial score (nSPS) is 17.7. The lowest BCUT2D eigenvalue weighted by Gasteiger charge is -2.24. The highest BCUT2D eigenvalue weighted by Gasteiger charge is 2.36. The van der Waals surface area contributed by atoms with Crippen molar-refractivity contribution in [3.05, 3.63) is 82.9 Å². The van der Waals surface area contributed by atoms with E-state index >= 15 is 0 Å². The molecular formula is C34H38N4O6. The number of para-hydroxylation sites is 2. The first-order valence-corrected chi connectivity index (χ1v) is 14.7. The van der Waals surface area contributed by atoms with Crippen molar-refractivity contribution in [3.8, 4) is 23.0 Å². The Labute approximate surface area is 257 Å². The summed E-state index contributed by atoms with van der Waals surface area (Å²) < 4.78 is 22.4. The van der Waals surface area contributed by atoms with Gasteiger partial charge in [-0.2, -0.15) is 10.2 Å². The Kier molecular flexibility index (Phi) is 9.18. The van der Waals surface area contributed by atoms with E-state index < -0.39 is 0 Å². The summed E-state index contributed by atoms with van der Waals surface area (Å²) in [7, 11) is 6.38. The van der Waals surface area contributed by atoms with E-state index in [1.807, 2.05) is 74.5 Å². The first-order valence-electron chi connectivity index (χ1n) is 14.7. The van der Waals surface area contributed by atoms with E-state index in [1.54, 1.807) is 38.5 Å². The Morgan fingerprint density at radius 3 is 1.34 bits per heavy atom. The number of rotatable bonds is 10. The van der Waals surface area contributed by atoms with Crippen molar-refractivity contribution in [2.24, 2.45) is 10.2 Å². The molecule has 0 radical (unpaired) electrons. The summed E-state index contributed by atoms with van der Waals surface area (Å²) in [6.45, 7) is 3.65. The maximum atomic E-state index is 13.0. The van der Waals surface area contributed by atoms with Crippen LogP contribution >= 0.6 is 0 Å². The van der Waals surface area contributed by atoms with Crippen molar-refractivity contribution in [2.45, 2.75) is 51.6 Å². The summed E-state index contributed by atoms with van der Waals surface area (Å²) in [5, 5.41) is 12.7.